The zero-order valence-corrected chi connectivity index (χ0v) is 12.6. The zero-order valence-electron chi connectivity index (χ0n) is 11.1. The highest BCUT2D eigenvalue weighted by Crippen LogP contribution is 2.28. The maximum atomic E-state index is 5.96. The van der Waals surface area contributed by atoms with Crippen molar-refractivity contribution >= 4 is 15.9 Å². The third kappa shape index (κ3) is 3.78. The molecule has 100 valence electrons. The van der Waals surface area contributed by atoms with Crippen molar-refractivity contribution in [2.45, 2.75) is 26.5 Å². The molecule has 1 atom stereocenters. The average molecular weight is 321 g/mol. The summed E-state index contributed by atoms with van der Waals surface area (Å²) in [6.45, 7) is 4.36. The van der Waals surface area contributed by atoms with Crippen molar-refractivity contribution in [3.8, 4) is 5.75 Å². The molecule has 0 unspecified atom stereocenters. The number of aryl methyl sites for hydroxylation is 1. The fraction of sp³-hybridized carbons (Fsp3) is 0.267. The van der Waals surface area contributed by atoms with Gasteiger partial charge in [-0.3, -0.25) is 4.98 Å². The topological polar surface area (TPSA) is 48.1 Å². The third-order valence-corrected chi connectivity index (χ3v) is 3.28. The van der Waals surface area contributed by atoms with Gasteiger partial charge in [-0.15, -0.1) is 0 Å². The average Bonchev–Trinajstić information content (AvgIpc) is 2.37. The van der Waals surface area contributed by atoms with Crippen LogP contribution in [0.1, 0.15) is 29.9 Å². The van der Waals surface area contributed by atoms with Gasteiger partial charge in [0.05, 0.1) is 5.69 Å². The van der Waals surface area contributed by atoms with E-state index in [0.717, 1.165) is 27.2 Å². The van der Waals surface area contributed by atoms with Crippen LogP contribution in [-0.2, 0) is 6.61 Å². The fourth-order valence-corrected chi connectivity index (χ4v) is 2.22. The van der Waals surface area contributed by atoms with Crippen molar-refractivity contribution in [3.05, 3.63) is 57.8 Å². The SMILES string of the molecule is Cc1cccc(COc2ccc(Br)cc2[C@@H](C)N)n1. The number of nitrogens with two attached hydrogens (primary N) is 1. The standard InChI is InChI=1S/C15H17BrN2O/c1-10-4-3-5-13(18-10)9-19-15-7-6-12(16)8-14(15)11(2)17/h3-8,11H,9,17H2,1-2H3/t11-/m1/s1. The normalized spacial score (nSPS) is 12.2. The number of aromatic nitrogens is 1. The van der Waals surface area contributed by atoms with Crippen molar-refractivity contribution in [1.82, 2.24) is 4.98 Å². The Balaban J connectivity index is 2.15. The van der Waals surface area contributed by atoms with Crippen molar-refractivity contribution < 1.29 is 4.74 Å². The molecule has 0 amide bonds. The minimum Gasteiger partial charge on any atom is -0.487 e. The van der Waals surface area contributed by atoms with Gasteiger partial charge in [0, 0.05) is 21.8 Å². The highest BCUT2D eigenvalue weighted by atomic mass is 79.9. The van der Waals surface area contributed by atoms with E-state index >= 15 is 0 Å². The molecule has 0 aliphatic heterocycles. The number of nitrogens with zero attached hydrogens (tertiary/aromatic N) is 1. The van der Waals surface area contributed by atoms with E-state index in [1.807, 2.05) is 50.2 Å². The first-order valence-electron chi connectivity index (χ1n) is 6.16. The lowest BCUT2D eigenvalue weighted by Crippen LogP contribution is -2.08. The summed E-state index contributed by atoms with van der Waals surface area (Å²) in [5.41, 5.74) is 8.85. The summed E-state index contributed by atoms with van der Waals surface area (Å²) in [6, 6.07) is 11.7. The molecule has 0 bridgehead atoms. The summed E-state index contributed by atoms with van der Waals surface area (Å²) >= 11 is 3.45. The summed E-state index contributed by atoms with van der Waals surface area (Å²) in [4.78, 5) is 4.41. The van der Waals surface area contributed by atoms with Crippen molar-refractivity contribution in [3.63, 3.8) is 0 Å². The van der Waals surface area contributed by atoms with Gasteiger partial charge in [-0.05, 0) is 44.2 Å². The molecule has 2 rings (SSSR count). The van der Waals surface area contributed by atoms with Crippen LogP contribution in [0.5, 0.6) is 5.75 Å². The van der Waals surface area contributed by atoms with E-state index in [-0.39, 0.29) is 6.04 Å². The Morgan fingerprint density at radius 2 is 2.11 bits per heavy atom. The quantitative estimate of drug-likeness (QED) is 0.933. The Morgan fingerprint density at radius 1 is 1.32 bits per heavy atom. The predicted octanol–water partition coefficient (Wildman–Crippen LogP) is 3.75. The summed E-state index contributed by atoms with van der Waals surface area (Å²) in [5, 5.41) is 0. The second-order valence-electron chi connectivity index (χ2n) is 4.53. The molecule has 3 nitrogen and oxygen atoms in total. The summed E-state index contributed by atoms with van der Waals surface area (Å²) in [7, 11) is 0. The number of hydrogen-bond acceptors (Lipinski definition) is 3. The molecule has 1 aromatic carbocycles. The minimum absolute atomic E-state index is 0.0713. The highest BCUT2D eigenvalue weighted by molar-refractivity contribution is 9.10. The molecule has 0 fully saturated rings. The maximum Gasteiger partial charge on any atom is 0.130 e. The Morgan fingerprint density at radius 3 is 2.79 bits per heavy atom. The number of hydrogen-bond donors (Lipinski definition) is 1. The highest BCUT2D eigenvalue weighted by Gasteiger charge is 2.09. The molecular weight excluding hydrogens is 304 g/mol. The first-order valence-corrected chi connectivity index (χ1v) is 6.96. The van der Waals surface area contributed by atoms with Gasteiger partial charge < -0.3 is 10.5 Å². The van der Waals surface area contributed by atoms with E-state index in [0.29, 0.717) is 6.61 Å². The van der Waals surface area contributed by atoms with Gasteiger partial charge in [0.15, 0.2) is 0 Å². The van der Waals surface area contributed by atoms with Gasteiger partial charge in [-0.1, -0.05) is 22.0 Å². The molecule has 0 aliphatic carbocycles. The molecule has 0 saturated heterocycles. The first kappa shape index (κ1) is 14.0. The van der Waals surface area contributed by atoms with Crippen LogP contribution in [0.4, 0.5) is 0 Å². The van der Waals surface area contributed by atoms with Gasteiger partial charge in [0.1, 0.15) is 12.4 Å². The van der Waals surface area contributed by atoms with Gasteiger partial charge in [-0.25, -0.2) is 0 Å². The second kappa shape index (κ2) is 6.17. The van der Waals surface area contributed by atoms with Gasteiger partial charge in [0.25, 0.3) is 0 Å². The van der Waals surface area contributed by atoms with E-state index in [2.05, 4.69) is 20.9 Å². The van der Waals surface area contributed by atoms with E-state index in [1.165, 1.54) is 0 Å². The smallest absolute Gasteiger partial charge is 0.130 e. The third-order valence-electron chi connectivity index (χ3n) is 2.78. The number of ether oxygens (including phenoxy) is 1. The Bertz CT molecular complexity index is 570. The number of halogens is 1. The molecule has 2 N–H and O–H groups in total. The summed E-state index contributed by atoms with van der Waals surface area (Å²) in [6.07, 6.45) is 0. The van der Waals surface area contributed by atoms with Crippen LogP contribution in [0.3, 0.4) is 0 Å². The second-order valence-corrected chi connectivity index (χ2v) is 5.45. The van der Waals surface area contributed by atoms with Gasteiger partial charge in [-0.2, -0.15) is 0 Å². The van der Waals surface area contributed by atoms with Crippen molar-refractivity contribution in [2.75, 3.05) is 0 Å². The van der Waals surface area contributed by atoms with Crippen LogP contribution in [-0.4, -0.2) is 4.98 Å². The molecule has 1 heterocycles. The Labute approximate surface area is 121 Å². The summed E-state index contributed by atoms with van der Waals surface area (Å²) < 4.78 is 6.83. The lowest BCUT2D eigenvalue weighted by atomic mass is 10.1. The molecule has 2 aromatic rings. The predicted molar refractivity (Wildman–Crippen MR) is 80.1 cm³/mol. The molecule has 0 saturated carbocycles. The number of pyridine rings is 1. The van der Waals surface area contributed by atoms with Gasteiger partial charge >= 0.3 is 0 Å². The molecule has 0 spiro atoms. The van der Waals surface area contributed by atoms with Crippen LogP contribution in [0.2, 0.25) is 0 Å². The molecule has 19 heavy (non-hydrogen) atoms. The summed E-state index contributed by atoms with van der Waals surface area (Å²) in [5.74, 6) is 0.807. The van der Waals surface area contributed by atoms with Crippen LogP contribution < -0.4 is 10.5 Å². The zero-order chi connectivity index (χ0) is 13.8. The lowest BCUT2D eigenvalue weighted by Gasteiger charge is -2.14. The van der Waals surface area contributed by atoms with Crippen LogP contribution in [0.25, 0.3) is 0 Å². The van der Waals surface area contributed by atoms with Crippen LogP contribution >= 0.6 is 15.9 Å². The fourth-order valence-electron chi connectivity index (χ4n) is 1.84. The molecule has 0 aliphatic rings. The van der Waals surface area contributed by atoms with E-state index in [9.17, 15) is 0 Å². The molecule has 1 aromatic heterocycles. The molecule has 4 heteroatoms. The Hall–Kier alpha value is -1.39. The maximum absolute atomic E-state index is 5.96. The van der Waals surface area contributed by atoms with E-state index < -0.39 is 0 Å². The van der Waals surface area contributed by atoms with Gasteiger partial charge in [0.2, 0.25) is 0 Å². The van der Waals surface area contributed by atoms with Crippen molar-refractivity contribution in [1.29, 1.82) is 0 Å². The largest absolute Gasteiger partial charge is 0.487 e. The Kier molecular flexibility index (Phi) is 4.56. The number of rotatable bonds is 4. The van der Waals surface area contributed by atoms with Crippen LogP contribution in [0, 0.1) is 6.92 Å². The van der Waals surface area contributed by atoms with E-state index in [1.54, 1.807) is 0 Å². The molecule has 0 radical (unpaired) electrons. The van der Waals surface area contributed by atoms with E-state index in [4.69, 9.17) is 10.5 Å². The minimum atomic E-state index is -0.0713. The van der Waals surface area contributed by atoms with Crippen LogP contribution in [0.15, 0.2) is 40.9 Å². The monoisotopic (exact) mass is 320 g/mol. The number of benzene rings is 1. The van der Waals surface area contributed by atoms with Crippen molar-refractivity contribution in [2.24, 2.45) is 5.73 Å². The first-order chi connectivity index (χ1) is 9.06. The lowest BCUT2D eigenvalue weighted by molar-refractivity contribution is 0.296. The molecular formula is C15H17BrN2O.